The Morgan fingerprint density at radius 1 is 1.09 bits per heavy atom. The highest BCUT2D eigenvalue weighted by atomic mass is 79.9. The molecule has 168 valence electrons. The van der Waals surface area contributed by atoms with Crippen LogP contribution >= 0.6 is 31.9 Å². The second-order valence-corrected chi connectivity index (χ2v) is 8.93. The van der Waals surface area contributed by atoms with E-state index in [1.165, 1.54) is 6.21 Å². The van der Waals surface area contributed by atoms with Crippen molar-refractivity contribution in [3.05, 3.63) is 86.3 Å². The Hall–Kier alpha value is -3.17. The molecule has 1 aliphatic heterocycles. The van der Waals surface area contributed by atoms with Crippen LogP contribution in [0.1, 0.15) is 21.5 Å². The number of halogens is 2. The van der Waals surface area contributed by atoms with Crippen LogP contribution in [0, 0.1) is 6.92 Å². The van der Waals surface area contributed by atoms with E-state index in [-0.39, 0.29) is 12.4 Å². The Morgan fingerprint density at radius 2 is 1.88 bits per heavy atom. The van der Waals surface area contributed by atoms with Gasteiger partial charge in [0.05, 0.1) is 16.3 Å². The molecule has 0 bridgehead atoms. The highest BCUT2D eigenvalue weighted by Crippen LogP contribution is 2.33. The van der Waals surface area contributed by atoms with Crippen LogP contribution in [-0.2, 0) is 4.79 Å². The van der Waals surface area contributed by atoms with E-state index in [1.54, 1.807) is 48.5 Å². The second kappa shape index (κ2) is 10.2. The van der Waals surface area contributed by atoms with Crippen molar-refractivity contribution in [2.75, 3.05) is 6.61 Å². The molecule has 0 aliphatic carbocycles. The van der Waals surface area contributed by atoms with Gasteiger partial charge >= 0.3 is 5.97 Å². The molecule has 0 unspecified atom stereocenters. The molecule has 4 rings (SSSR count). The fourth-order valence-electron chi connectivity index (χ4n) is 3.09. The number of hydrogen-bond acceptors (Lipinski definition) is 6. The number of carbonyl (C=O) groups excluding carboxylic acids is 2. The first-order valence-electron chi connectivity index (χ1n) is 9.90. The largest absolute Gasteiger partial charge is 0.485 e. The minimum atomic E-state index is -0.843. The molecule has 1 N–H and O–H groups in total. The summed E-state index contributed by atoms with van der Waals surface area (Å²) in [6.07, 6.45) is 0.550. The first kappa shape index (κ1) is 23.0. The Kier molecular flexibility index (Phi) is 7.10. The minimum Gasteiger partial charge on any atom is -0.485 e. The smallest absolute Gasteiger partial charge is 0.343 e. The number of esters is 1. The van der Waals surface area contributed by atoms with Gasteiger partial charge in [-0.1, -0.05) is 45.8 Å². The maximum atomic E-state index is 12.6. The average Bonchev–Trinajstić information content (AvgIpc) is 2.80. The average molecular weight is 574 g/mol. The number of hydrazone groups is 1. The molecular formula is C24H18Br2N2O5. The first-order valence-corrected chi connectivity index (χ1v) is 11.5. The summed E-state index contributed by atoms with van der Waals surface area (Å²) in [5.74, 6) is 0.382. The number of aryl methyl sites for hydroxylation is 1. The van der Waals surface area contributed by atoms with Crippen molar-refractivity contribution < 1.29 is 23.8 Å². The summed E-state index contributed by atoms with van der Waals surface area (Å²) in [6, 6.07) is 17.7. The van der Waals surface area contributed by atoms with Gasteiger partial charge in [0.15, 0.2) is 17.2 Å². The molecule has 0 saturated carbocycles. The third-order valence-electron chi connectivity index (χ3n) is 4.67. The number of rotatable bonds is 5. The number of benzene rings is 3. The van der Waals surface area contributed by atoms with E-state index in [9.17, 15) is 9.59 Å². The Bertz CT molecular complexity index is 1250. The Morgan fingerprint density at radius 3 is 2.67 bits per heavy atom. The lowest BCUT2D eigenvalue weighted by atomic mass is 10.1. The zero-order valence-corrected chi connectivity index (χ0v) is 20.6. The number of para-hydroxylation sites is 2. The zero-order valence-electron chi connectivity index (χ0n) is 17.4. The first-order chi connectivity index (χ1) is 15.9. The fraction of sp³-hybridized carbons (Fsp3) is 0.125. The predicted octanol–water partition coefficient (Wildman–Crippen LogP) is 5.03. The molecule has 33 heavy (non-hydrogen) atoms. The van der Waals surface area contributed by atoms with Gasteiger partial charge < -0.3 is 14.2 Å². The maximum Gasteiger partial charge on any atom is 0.343 e. The molecule has 0 spiro atoms. The van der Waals surface area contributed by atoms with Crippen molar-refractivity contribution in [2.24, 2.45) is 5.10 Å². The summed E-state index contributed by atoms with van der Waals surface area (Å²) in [7, 11) is 0. The van der Waals surface area contributed by atoms with Crippen LogP contribution in [0.2, 0.25) is 0 Å². The van der Waals surface area contributed by atoms with Crippen molar-refractivity contribution in [3.63, 3.8) is 0 Å². The zero-order chi connectivity index (χ0) is 23.4. The lowest BCUT2D eigenvalue weighted by molar-refractivity contribution is -0.130. The highest BCUT2D eigenvalue weighted by Gasteiger charge is 2.27. The van der Waals surface area contributed by atoms with Gasteiger partial charge in [0, 0.05) is 10.0 Å². The van der Waals surface area contributed by atoms with E-state index in [1.807, 2.05) is 19.1 Å². The SMILES string of the molecule is Cc1cccc(C(=O)Oc2c(Br)cc(Br)cc2/C=N\NC(=O)[C@@H]2COc3ccccc3O2)c1. The molecule has 0 radical (unpaired) electrons. The molecule has 0 fully saturated rings. The molecule has 1 heterocycles. The van der Waals surface area contributed by atoms with Crippen molar-refractivity contribution >= 4 is 50.0 Å². The Labute approximate surface area is 207 Å². The van der Waals surface area contributed by atoms with E-state index in [4.69, 9.17) is 14.2 Å². The molecular weight excluding hydrogens is 556 g/mol. The van der Waals surface area contributed by atoms with E-state index in [0.717, 1.165) is 10.0 Å². The van der Waals surface area contributed by atoms with Crippen molar-refractivity contribution in [2.45, 2.75) is 13.0 Å². The van der Waals surface area contributed by atoms with E-state index in [0.29, 0.717) is 27.1 Å². The van der Waals surface area contributed by atoms with Gasteiger partial charge in [-0.15, -0.1) is 0 Å². The van der Waals surface area contributed by atoms with Crippen LogP contribution in [0.25, 0.3) is 0 Å². The lowest BCUT2D eigenvalue weighted by Crippen LogP contribution is -2.42. The quantitative estimate of drug-likeness (QED) is 0.200. The minimum absolute atomic E-state index is 0.0696. The van der Waals surface area contributed by atoms with Crippen LogP contribution in [0.15, 0.2) is 74.7 Å². The van der Waals surface area contributed by atoms with Gasteiger partial charge in [0.2, 0.25) is 6.10 Å². The topological polar surface area (TPSA) is 86.2 Å². The lowest BCUT2D eigenvalue weighted by Gasteiger charge is -2.24. The number of fused-ring (bicyclic) bond motifs is 1. The van der Waals surface area contributed by atoms with E-state index >= 15 is 0 Å². The monoisotopic (exact) mass is 572 g/mol. The van der Waals surface area contributed by atoms with Gasteiger partial charge in [0.25, 0.3) is 5.91 Å². The van der Waals surface area contributed by atoms with Gasteiger partial charge in [-0.05, 0) is 59.3 Å². The molecule has 1 atom stereocenters. The standard InChI is InChI=1S/C24H18Br2N2O5/c1-14-5-4-6-15(9-14)24(30)33-22-16(10-17(25)11-18(22)26)12-27-28-23(29)21-13-31-19-7-2-3-8-20(19)32-21/h2-12,21H,13H2,1H3,(H,28,29)/b27-12-/t21-/m0/s1. The summed E-state index contributed by atoms with van der Waals surface area (Å²) in [6.45, 7) is 1.97. The molecule has 9 heteroatoms. The summed E-state index contributed by atoms with van der Waals surface area (Å²) >= 11 is 6.83. The number of amides is 1. The van der Waals surface area contributed by atoms with Crippen LogP contribution < -0.4 is 19.6 Å². The highest BCUT2D eigenvalue weighted by molar-refractivity contribution is 9.11. The number of hydrogen-bond donors (Lipinski definition) is 1. The Balaban J connectivity index is 1.47. The number of nitrogens with zero attached hydrogens (tertiary/aromatic N) is 1. The van der Waals surface area contributed by atoms with Crippen LogP contribution in [0.5, 0.6) is 17.2 Å². The third kappa shape index (κ3) is 5.61. The van der Waals surface area contributed by atoms with Crippen LogP contribution in [-0.4, -0.2) is 30.8 Å². The second-order valence-electron chi connectivity index (χ2n) is 7.16. The molecule has 3 aromatic carbocycles. The number of carbonyl (C=O) groups is 2. The van der Waals surface area contributed by atoms with Crippen molar-refractivity contribution in [1.29, 1.82) is 0 Å². The molecule has 1 aliphatic rings. The van der Waals surface area contributed by atoms with Gasteiger partial charge in [0.1, 0.15) is 6.61 Å². The molecule has 1 amide bonds. The van der Waals surface area contributed by atoms with Gasteiger partial charge in [-0.25, -0.2) is 10.2 Å². The summed E-state index contributed by atoms with van der Waals surface area (Å²) in [5, 5.41) is 4.02. The molecule has 7 nitrogen and oxygen atoms in total. The fourth-order valence-corrected chi connectivity index (χ4v) is 4.43. The normalized spacial score (nSPS) is 14.7. The van der Waals surface area contributed by atoms with Gasteiger partial charge in [-0.2, -0.15) is 5.10 Å². The number of nitrogens with one attached hydrogen (secondary N) is 1. The molecule has 0 aromatic heterocycles. The van der Waals surface area contributed by atoms with E-state index < -0.39 is 18.0 Å². The van der Waals surface area contributed by atoms with Crippen molar-refractivity contribution in [3.8, 4) is 17.2 Å². The summed E-state index contributed by atoms with van der Waals surface area (Å²) in [4.78, 5) is 25.1. The van der Waals surface area contributed by atoms with Crippen molar-refractivity contribution in [1.82, 2.24) is 5.43 Å². The van der Waals surface area contributed by atoms with Crippen LogP contribution in [0.3, 0.4) is 0 Å². The summed E-state index contributed by atoms with van der Waals surface area (Å²) < 4.78 is 18.1. The predicted molar refractivity (Wildman–Crippen MR) is 130 cm³/mol. The van der Waals surface area contributed by atoms with E-state index in [2.05, 4.69) is 42.4 Å². The van der Waals surface area contributed by atoms with Crippen LogP contribution in [0.4, 0.5) is 0 Å². The van der Waals surface area contributed by atoms with Gasteiger partial charge in [-0.3, -0.25) is 4.79 Å². The third-order valence-corrected chi connectivity index (χ3v) is 5.71. The maximum absolute atomic E-state index is 12.6. The molecule has 0 saturated heterocycles. The molecule has 3 aromatic rings. The number of ether oxygens (including phenoxy) is 3. The summed E-state index contributed by atoms with van der Waals surface area (Å²) in [5.41, 5.74) is 4.29.